The van der Waals surface area contributed by atoms with Gasteiger partial charge in [-0.15, -0.1) is 0 Å². The van der Waals surface area contributed by atoms with Crippen LogP contribution >= 0.6 is 11.3 Å². The van der Waals surface area contributed by atoms with E-state index < -0.39 is 0 Å². The van der Waals surface area contributed by atoms with Gasteiger partial charge in [0.1, 0.15) is 0 Å². The Morgan fingerprint density at radius 2 is 1.95 bits per heavy atom. The number of hydrogen-bond donors (Lipinski definition) is 1. The summed E-state index contributed by atoms with van der Waals surface area (Å²) in [5, 5.41) is 6.94. The van der Waals surface area contributed by atoms with E-state index in [2.05, 4.69) is 36.5 Å². The quantitative estimate of drug-likeness (QED) is 0.937. The molecule has 0 atom stereocenters. The lowest BCUT2D eigenvalue weighted by Gasteiger charge is -2.38. The average Bonchev–Trinajstić information content (AvgIpc) is 3.09. The number of hydrogen-bond acceptors (Lipinski definition) is 3. The molecule has 1 aromatic heterocycles. The molecule has 0 saturated carbocycles. The van der Waals surface area contributed by atoms with Crippen LogP contribution in [0.4, 0.5) is 0 Å². The van der Waals surface area contributed by atoms with Crippen molar-refractivity contribution in [3.8, 4) is 0 Å². The first-order valence-corrected chi connectivity index (χ1v) is 8.59. The SMILES string of the molecule is Cc1ccc(C2(CNC(=O)c3ccsc3)CCOCC2)cc1. The van der Waals surface area contributed by atoms with Crippen molar-refractivity contribution in [3.63, 3.8) is 0 Å². The smallest absolute Gasteiger partial charge is 0.252 e. The molecule has 1 fully saturated rings. The molecule has 0 bridgehead atoms. The first-order chi connectivity index (χ1) is 10.7. The van der Waals surface area contributed by atoms with Crippen molar-refractivity contribution in [2.45, 2.75) is 25.2 Å². The van der Waals surface area contributed by atoms with E-state index in [1.165, 1.54) is 11.1 Å². The van der Waals surface area contributed by atoms with Crippen LogP contribution in [0.5, 0.6) is 0 Å². The fraction of sp³-hybridized carbons (Fsp3) is 0.389. The summed E-state index contributed by atoms with van der Waals surface area (Å²) in [6.45, 7) is 4.26. The van der Waals surface area contributed by atoms with Gasteiger partial charge >= 0.3 is 0 Å². The molecule has 1 aliphatic rings. The molecule has 0 radical (unpaired) electrons. The van der Waals surface area contributed by atoms with Gasteiger partial charge in [-0.2, -0.15) is 11.3 Å². The van der Waals surface area contributed by atoms with Gasteiger partial charge in [0.15, 0.2) is 0 Å². The van der Waals surface area contributed by atoms with E-state index in [0.29, 0.717) is 6.54 Å². The minimum atomic E-state index is -0.0162. The molecular formula is C18H21NO2S. The molecule has 1 saturated heterocycles. The van der Waals surface area contributed by atoms with Crippen LogP contribution < -0.4 is 5.32 Å². The maximum atomic E-state index is 12.2. The van der Waals surface area contributed by atoms with Crippen molar-refractivity contribution in [2.75, 3.05) is 19.8 Å². The van der Waals surface area contributed by atoms with Gasteiger partial charge in [0, 0.05) is 36.1 Å². The Morgan fingerprint density at radius 1 is 1.23 bits per heavy atom. The largest absolute Gasteiger partial charge is 0.381 e. The molecule has 1 N–H and O–H groups in total. The number of rotatable bonds is 4. The van der Waals surface area contributed by atoms with Gasteiger partial charge in [0.05, 0.1) is 0 Å². The molecule has 116 valence electrons. The lowest BCUT2D eigenvalue weighted by Crippen LogP contribution is -2.44. The zero-order valence-electron chi connectivity index (χ0n) is 12.8. The Hall–Kier alpha value is -1.65. The van der Waals surface area contributed by atoms with E-state index in [-0.39, 0.29) is 11.3 Å². The highest BCUT2D eigenvalue weighted by molar-refractivity contribution is 7.08. The molecule has 1 amide bonds. The molecule has 2 heterocycles. The monoisotopic (exact) mass is 315 g/mol. The fourth-order valence-electron chi connectivity index (χ4n) is 2.98. The van der Waals surface area contributed by atoms with Crippen LogP contribution in [-0.4, -0.2) is 25.7 Å². The van der Waals surface area contributed by atoms with Gasteiger partial charge < -0.3 is 10.1 Å². The second kappa shape index (κ2) is 6.63. The molecule has 0 aliphatic carbocycles. The molecule has 0 spiro atoms. The summed E-state index contributed by atoms with van der Waals surface area (Å²) in [6.07, 6.45) is 1.89. The molecular weight excluding hydrogens is 294 g/mol. The van der Waals surface area contributed by atoms with Gasteiger partial charge in [-0.1, -0.05) is 29.8 Å². The molecule has 1 aromatic carbocycles. The van der Waals surface area contributed by atoms with Gasteiger partial charge in [-0.3, -0.25) is 4.79 Å². The minimum absolute atomic E-state index is 0.0132. The predicted molar refractivity (Wildman–Crippen MR) is 89.6 cm³/mol. The van der Waals surface area contributed by atoms with E-state index in [0.717, 1.165) is 31.6 Å². The second-order valence-corrected chi connectivity index (χ2v) is 6.73. The Labute approximate surface area is 135 Å². The fourth-order valence-corrected chi connectivity index (χ4v) is 3.62. The van der Waals surface area contributed by atoms with E-state index in [1.807, 2.05) is 16.8 Å². The molecule has 3 rings (SSSR count). The van der Waals surface area contributed by atoms with E-state index in [9.17, 15) is 4.79 Å². The van der Waals surface area contributed by atoms with Crippen LogP contribution in [0.1, 0.15) is 34.3 Å². The van der Waals surface area contributed by atoms with Crippen molar-refractivity contribution < 1.29 is 9.53 Å². The summed E-state index contributed by atoms with van der Waals surface area (Å²) in [5.41, 5.74) is 3.29. The highest BCUT2D eigenvalue weighted by Gasteiger charge is 2.34. The summed E-state index contributed by atoms with van der Waals surface area (Å²) in [4.78, 5) is 12.2. The predicted octanol–water partition coefficient (Wildman–Crippen LogP) is 3.53. The minimum Gasteiger partial charge on any atom is -0.381 e. The normalized spacial score (nSPS) is 17.1. The van der Waals surface area contributed by atoms with E-state index >= 15 is 0 Å². The third kappa shape index (κ3) is 3.23. The number of carbonyl (C=O) groups is 1. The lowest BCUT2D eigenvalue weighted by molar-refractivity contribution is 0.0487. The summed E-state index contributed by atoms with van der Waals surface area (Å²) in [6, 6.07) is 10.5. The van der Waals surface area contributed by atoms with Crippen LogP contribution in [0.2, 0.25) is 0 Å². The first-order valence-electron chi connectivity index (χ1n) is 7.65. The average molecular weight is 315 g/mol. The van der Waals surface area contributed by atoms with Crippen molar-refractivity contribution in [1.29, 1.82) is 0 Å². The Kier molecular flexibility index (Phi) is 4.60. The first kappa shape index (κ1) is 15.3. The summed E-state index contributed by atoms with van der Waals surface area (Å²) >= 11 is 1.55. The molecule has 3 nitrogen and oxygen atoms in total. The van der Waals surface area contributed by atoms with Gasteiger partial charge in [-0.25, -0.2) is 0 Å². The molecule has 0 unspecified atom stereocenters. The van der Waals surface area contributed by atoms with Crippen LogP contribution in [0, 0.1) is 6.92 Å². The number of benzene rings is 1. The van der Waals surface area contributed by atoms with Gasteiger partial charge in [0.25, 0.3) is 5.91 Å². The van der Waals surface area contributed by atoms with Crippen molar-refractivity contribution in [3.05, 3.63) is 57.8 Å². The standard InChI is InChI=1S/C18H21NO2S/c1-14-2-4-16(5-3-14)18(7-9-21-10-8-18)13-19-17(20)15-6-11-22-12-15/h2-6,11-12H,7-10,13H2,1H3,(H,19,20). The second-order valence-electron chi connectivity index (χ2n) is 5.95. The van der Waals surface area contributed by atoms with Gasteiger partial charge in [-0.05, 0) is 36.8 Å². The van der Waals surface area contributed by atoms with Crippen LogP contribution in [0.3, 0.4) is 0 Å². The third-order valence-electron chi connectivity index (χ3n) is 4.48. The molecule has 22 heavy (non-hydrogen) atoms. The van der Waals surface area contributed by atoms with Crippen LogP contribution in [0.15, 0.2) is 41.1 Å². The molecule has 1 aliphatic heterocycles. The molecule has 2 aromatic rings. The number of carbonyl (C=O) groups excluding carboxylic acids is 1. The highest BCUT2D eigenvalue weighted by Crippen LogP contribution is 2.34. The Balaban J connectivity index is 1.77. The van der Waals surface area contributed by atoms with Crippen molar-refractivity contribution in [2.24, 2.45) is 0 Å². The number of ether oxygens (including phenoxy) is 1. The Bertz CT molecular complexity index is 613. The lowest BCUT2D eigenvalue weighted by atomic mass is 9.74. The Morgan fingerprint density at radius 3 is 2.59 bits per heavy atom. The van der Waals surface area contributed by atoms with Gasteiger partial charge in [0.2, 0.25) is 0 Å². The van der Waals surface area contributed by atoms with Crippen LogP contribution in [-0.2, 0) is 10.2 Å². The summed E-state index contributed by atoms with van der Waals surface area (Å²) in [5.74, 6) is 0.0132. The number of amides is 1. The van der Waals surface area contributed by atoms with Crippen molar-refractivity contribution in [1.82, 2.24) is 5.32 Å². The summed E-state index contributed by atoms with van der Waals surface area (Å²) in [7, 11) is 0. The maximum Gasteiger partial charge on any atom is 0.252 e. The number of nitrogens with one attached hydrogen (secondary N) is 1. The zero-order valence-corrected chi connectivity index (χ0v) is 13.6. The van der Waals surface area contributed by atoms with E-state index in [4.69, 9.17) is 4.74 Å². The maximum absolute atomic E-state index is 12.2. The third-order valence-corrected chi connectivity index (χ3v) is 5.17. The zero-order chi connectivity index (χ0) is 15.4. The molecule has 4 heteroatoms. The number of thiophene rings is 1. The van der Waals surface area contributed by atoms with Crippen LogP contribution in [0.25, 0.3) is 0 Å². The van der Waals surface area contributed by atoms with Crippen molar-refractivity contribution >= 4 is 17.2 Å². The highest BCUT2D eigenvalue weighted by atomic mass is 32.1. The topological polar surface area (TPSA) is 38.3 Å². The summed E-state index contributed by atoms with van der Waals surface area (Å²) < 4.78 is 5.54. The number of aryl methyl sites for hydroxylation is 1. The van der Waals surface area contributed by atoms with E-state index in [1.54, 1.807) is 11.3 Å².